The van der Waals surface area contributed by atoms with Crippen LogP contribution in [0.25, 0.3) is 0 Å². The molecule has 1 heterocycles. The van der Waals surface area contributed by atoms with Crippen molar-refractivity contribution in [3.05, 3.63) is 47.7 Å². The highest BCUT2D eigenvalue weighted by Crippen LogP contribution is 2.19. The highest BCUT2D eigenvalue weighted by Gasteiger charge is 2.06. The number of aromatic nitrogens is 2. The van der Waals surface area contributed by atoms with Crippen LogP contribution in [0.1, 0.15) is 35.8 Å². The first-order valence-corrected chi connectivity index (χ1v) is 6.53. The lowest BCUT2D eigenvalue weighted by Crippen LogP contribution is -2.02. The monoisotopic (exact) mass is 272 g/mol. The van der Waals surface area contributed by atoms with Crippen molar-refractivity contribution in [3.8, 4) is 11.6 Å². The Balaban J connectivity index is 2.00. The molecule has 0 unspecified atom stereocenters. The van der Waals surface area contributed by atoms with E-state index in [-0.39, 0.29) is 11.6 Å². The van der Waals surface area contributed by atoms with Gasteiger partial charge < -0.3 is 9.84 Å². The molecule has 0 fully saturated rings. The summed E-state index contributed by atoms with van der Waals surface area (Å²) >= 11 is 0. The van der Waals surface area contributed by atoms with Crippen LogP contribution in [-0.2, 0) is 6.42 Å². The van der Waals surface area contributed by atoms with Crippen molar-refractivity contribution < 1.29 is 14.6 Å². The van der Waals surface area contributed by atoms with Crippen molar-refractivity contribution in [1.29, 1.82) is 0 Å². The third kappa shape index (κ3) is 3.78. The Morgan fingerprint density at radius 3 is 2.45 bits per heavy atom. The number of aromatic carboxylic acids is 1. The molecular weight excluding hydrogens is 256 g/mol. The number of hydrogen-bond donors (Lipinski definition) is 1. The summed E-state index contributed by atoms with van der Waals surface area (Å²) in [5, 5.41) is 16.0. The summed E-state index contributed by atoms with van der Waals surface area (Å²) in [6.07, 6.45) is 3.40. The van der Waals surface area contributed by atoms with Gasteiger partial charge in [0.1, 0.15) is 5.75 Å². The summed E-state index contributed by atoms with van der Waals surface area (Å²) in [5.41, 5.74) is 1.17. The van der Waals surface area contributed by atoms with E-state index in [9.17, 15) is 4.79 Å². The Morgan fingerprint density at radius 1 is 1.15 bits per heavy atom. The molecule has 5 heteroatoms. The van der Waals surface area contributed by atoms with E-state index in [1.165, 1.54) is 30.5 Å². The molecule has 20 heavy (non-hydrogen) atoms. The highest BCUT2D eigenvalue weighted by atomic mass is 16.5. The van der Waals surface area contributed by atoms with Gasteiger partial charge in [-0.1, -0.05) is 25.5 Å². The van der Waals surface area contributed by atoms with Gasteiger partial charge in [0.15, 0.2) is 5.69 Å². The smallest absolute Gasteiger partial charge is 0.356 e. The van der Waals surface area contributed by atoms with Gasteiger partial charge in [-0.15, -0.1) is 10.2 Å². The van der Waals surface area contributed by atoms with Crippen molar-refractivity contribution in [2.24, 2.45) is 0 Å². The molecular formula is C15H16N2O3. The summed E-state index contributed by atoms with van der Waals surface area (Å²) in [7, 11) is 0. The molecule has 0 saturated heterocycles. The fourth-order valence-corrected chi connectivity index (χ4v) is 1.71. The average Bonchev–Trinajstić information content (AvgIpc) is 2.47. The zero-order valence-corrected chi connectivity index (χ0v) is 11.2. The minimum Gasteiger partial charge on any atom is -0.476 e. The third-order valence-corrected chi connectivity index (χ3v) is 2.82. The van der Waals surface area contributed by atoms with Gasteiger partial charge in [-0.3, -0.25) is 0 Å². The molecule has 0 saturated carbocycles. The summed E-state index contributed by atoms with van der Waals surface area (Å²) in [6.45, 7) is 2.16. The first-order chi connectivity index (χ1) is 9.69. The van der Waals surface area contributed by atoms with Crippen LogP contribution >= 0.6 is 0 Å². The van der Waals surface area contributed by atoms with Gasteiger partial charge in [-0.25, -0.2) is 4.79 Å². The van der Waals surface area contributed by atoms with Gasteiger partial charge in [0.2, 0.25) is 5.88 Å². The molecule has 1 N–H and O–H groups in total. The molecule has 2 aromatic rings. The van der Waals surface area contributed by atoms with Crippen LogP contribution in [0.4, 0.5) is 0 Å². The summed E-state index contributed by atoms with van der Waals surface area (Å²) in [6, 6.07) is 10.6. The van der Waals surface area contributed by atoms with Gasteiger partial charge in [0.05, 0.1) is 0 Å². The minimum absolute atomic E-state index is 0.104. The number of ether oxygens (including phenoxy) is 1. The molecule has 0 amide bonds. The standard InChI is InChI=1S/C15H16N2O3/c1-2-3-4-11-5-7-12(8-6-11)20-14-10-9-13(15(18)19)16-17-14/h5-10H,2-4H2,1H3,(H,18,19). The van der Waals surface area contributed by atoms with Crippen molar-refractivity contribution in [2.75, 3.05) is 0 Å². The Morgan fingerprint density at radius 2 is 1.90 bits per heavy atom. The van der Waals surface area contributed by atoms with Crippen molar-refractivity contribution in [2.45, 2.75) is 26.2 Å². The summed E-state index contributed by atoms with van der Waals surface area (Å²) in [4.78, 5) is 10.7. The molecule has 0 aliphatic heterocycles. The van der Waals surface area contributed by atoms with E-state index in [1.807, 2.05) is 24.3 Å². The number of carboxylic acid groups (broad SMARTS) is 1. The molecule has 0 bridgehead atoms. The van der Waals surface area contributed by atoms with E-state index in [0.29, 0.717) is 5.75 Å². The SMILES string of the molecule is CCCCc1ccc(Oc2ccc(C(=O)O)nn2)cc1. The number of unbranched alkanes of at least 4 members (excludes halogenated alkanes) is 1. The van der Waals surface area contributed by atoms with Crippen LogP contribution in [0, 0.1) is 0 Å². The molecule has 2 rings (SSSR count). The largest absolute Gasteiger partial charge is 0.476 e. The van der Waals surface area contributed by atoms with Crippen LogP contribution in [-0.4, -0.2) is 21.3 Å². The Labute approximate surface area is 117 Å². The molecule has 0 aliphatic rings. The number of carboxylic acids is 1. The van der Waals surface area contributed by atoms with Crippen molar-refractivity contribution >= 4 is 5.97 Å². The molecule has 104 valence electrons. The Hall–Kier alpha value is -2.43. The molecule has 1 aromatic heterocycles. The maximum Gasteiger partial charge on any atom is 0.356 e. The quantitative estimate of drug-likeness (QED) is 0.873. The lowest BCUT2D eigenvalue weighted by Gasteiger charge is -2.05. The van der Waals surface area contributed by atoms with Crippen LogP contribution in [0.3, 0.4) is 0 Å². The lowest BCUT2D eigenvalue weighted by molar-refractivity contribution is 0.0689. The van der Waals surface area contributed by atoms with Crippen LogP contribution in [0.2, 0.25) is 0 Å². The fraction of sp³-hybridized carbons (Fsp3) is 0.267. The second-order valence-electron chi connectivity index (χ2n) is 4.41. The first kappa shape index (κ1) is 14.0. The minimum atomic E-state index is -1.11. The second-order valence-corrected chi connectivity index (χ2v) is 4.41. The number of hydrogen-bond acceptors (Lipinski definition) is 4. The normalized spacial score (nSPS) is 10.2. The summed E-state index contributed by atoms with van der Waals surface area (Å²) in [5.74, 6) is -0.178. The van der Waals surface area contributed by atoms with E-state index < -0.39 is 5.97 Å². The zero-order chi connectivity index (χ0) is 14.4. The number of benzene rings is 1. The predicted molar refractivity (Wildman–Crippen MR) is 74.1 cm³/mol. The van der Waals surface area contributed by atoms with E-state index in [4.69, 9.17) is 9.84 Å². The van der Waals surface area contributed by atoms with E-state index >= 15 is 0 Å². The zero-order valence-electron chi connectivity index (χ0n) is 11.2. The first-order valence-electron chi connectivity index (χ1n) is 6.53. The second kappa shape index (κ2) is 6.65. The molecule has 5 nitrogen and oxygen atoms in total. The Kier molecular flexibility index (Phi) is 4.65. The molecule has 0 atom stereocenters. The van der Waals surface area contributed by atoms with Crippen LogP contribution in [0.15, 0.2) is 36.4 Å². The lowest BCUT2D eigenvalue weighted by atomic mass is 10.1. The molecule has 0 aliphatic carbocycles. The maximum absolute atomic E-state index is 10.7. The van der Waals surface area contributed by atoms with Crippen molar-refractivity contribution in [3.63, 3.8) is 0 Å². The van der Waals surface area contributed by atoms with Crippen LogP contribution in [0.5, 0.6) is 11.6 Å². The third-order valence-electron chi connectivity index (χ3n) is 2.82. The Bertz CT molecular complexity index is 565. The van der Waals surface area contributed by atoms with E-state index in [2.05, 4.69) is 17.1 Å². The van der Waals surface area contributed by atoms with Gasteiger partial charge in [-0.05, 0) is 36.6 Å². The molecule has 1 aromatic carbocycles. The van der Waals surface area contributed by atoms with Gasteiger partial charge in [-0.2, -0.15) is 0 Å². The predicted octanol–water partition coefficient (Wildman–Crippen LogP) is 3.31. The van der Waals surface area contributed by atoms with E-state index in [0.717, 1.165) is 6.42 Å². The van der Waals surface area contributed by atoms with Gasteiger partial charge in [0.25, 0.3) is 0 Å². The maximum atomic E-state index is 10.7. The van der Waals surface area contributed by atoms with Gasteiger partial charge >= 0.3 is 5.97 Å². The molecule has 0 spiro atoms. The average molecular weight is 272 g/mol. The van der Waals surface area contributed by atoms with E-state index in [1.54, 1.807) is 0 Å². The highest BCUT2D eigenvalue weighted by molar-refractivity contribution is 5.84. The molecule has 0 radical (unpaired) electrons. The number of nitrogens with zero attached hydrogens (tertiary/aromatic N) is 2. The topological polar surface area (TPSA) is 72.3 Å². The van der Waals surface area contributed by atoms with Crippen molar-refractivity contribution in [1.82, 2.24) is 10.2 Å². The number of carbonyl (C=O) groups is 1. The fourth-order valence-electron chi connectivity index (χ4n) is 1.71. The van der Waals surface area contributed by atoms with Crippen LogP contribution < -0.4 is 4.74 Å². The summed E-state index contributed by atoms with van der Waals surface area (Å²) < 4.78 is 5.51. The number of rotatable bonds is 6. The number of aryl methyl sites for hydroxylation is 1. The van der Waals surface area contributed by atoms with Gasteiger partial charge in [0, 0.05) is 6.07 Å².